The van der Waals surface area contributed by atoms with Gasteiger partial charge in [0.1, 0.15) is 16.4 Å². The normalized spacial score (nSPS) is 12.7. The number of fused-ring (bicyclic) bond motifs is 1. The fourth-order valence-electron chi connectivity index (χ4n) is 3.86. The molecule has 0 spiro atoms. The van der Waals surface area contributed by atoms with E-state index in [0.717, 1.165) is 30.5 Å². The van der Waals surface area contributed by atoms with Crippen LogP contribution in [0, 0.1) is 11.7 Å². The Morgan fingerprint density at radius 2 is 1.85 bits per heavy atom. The number of amides is 1. The third-order valence-corrected chi connectivity index (χ3v) is 7.66. The van der Waals surface area contributed by atoms with Gasteiger partial charge in [-0.25, -0.2) is 22.8 Å². The highest BCUT2D eigenvalue weighted by atomic mass is 35.5. The minimum absolute atomic E-state index is 0.0363. The molecule has 0 radical (unpaired) electrons. The van der Waals surface area contributed by atoms with E-state index in [1.54, 1.807) is 6.92 Å². The first-order chi connectivity index (χ1) is 19.2. The number of ether oxygens (including phenoxy) is 1. The van der Waals surface area contributed by atoms with Crippen LogP contribution in [0.25, 0.3) is 22.0 Å². The van der Waals surface area contributed by atoms with Gasteiger partial charge >= 0.3 is 6.36 Å². The number of sulfonamides is 1. The summed E-state index contributed by atoms with van der Waals surface area (Å²) >= 11 is 5.85. The van der Waals surface area contributed by atoms with Crippen LogP contribution in [0.4, 0.5) is 23.2 Å². The number of carbonyl (C=O) groups is 1. The zero-order valence-electron chi connectivity index (χ0n) is 21.2. The average molecular weight is 614 g/mol. The summed E-state index contributed by atoms with van der Waals surface area (Å²) in [5.74, 6) is -2.77. The summed E-state index contributed by atoms with van der Waals surface area (Å²) in [7, 11) is -3.17. The van der Waals surface area contributed by atoms with Crippen molar-refractivity contribution >= 4 is 44.1 Å². The Bertz CT molecular complexity index is 1810. The fourth-order valence-corrected chi connectivity index (χ4v) is 5.44. The Morgan fingerprint density at radius 3 is 2.51 bits per heavy atom. The molecular formula is C25H20ClF4N5O5S. The van der Waals surface area contributed by atoms with Gasteiger partial charge in [-0.05, 0) is 42.0 Å². The van der Waals surface area contributed by atoms with E-state index < -0.39 is 55.2 Å². The van der Waals surface area contributed by atoms with Crippen LogP contribution >= 0.6 is 11.6 Å². The molecule has 0 bridgehead atoms. The minimum Gasteiger partial charge on any atom is -0.386 e. The molecule has 0 saturated carbocycles. The molecule has 4 rings (SSSR count). The van der Waals surface area contributed by atoms with Crippen LogP contribution in [-0.4, -0.2) is 42.3 Å². The third kappa shape index (κ3) is 6.74. The highest BCUT2D eigenvalue weighted by Crippen LogP contribution is 2.35. The molecule has 2 aromatic heterocycles. The summed E-state index contributed by atoms with van der Waals surface area (Å²) in [5.41, 5.74) is -0.495. The van der Waals surface area contributed by atoms with Gasteiger partial charge in [0.2, 0.25) is 11.8 Å². The smallest absolute Gasteiger partial charge is 0.386 e. The van der Waals surface area contributed by atoms with Crippen molar-refractivity contribution in [3.63, 3.8) is 0 Å². The molecule has 2 aromatic carbocycles. The van der Waals surface area contributed by atoms with E-state index in [1.165, 1.54) is 36.1 Å². The first kappa shape index (κ1) is 29.7. The fraction of sp³-hybridized carbons (Fsp3) is 0.200. The van der Waals surface area contributed by atoms with Crippen molar-refractivity contribution in [1.82, 2.24) is 19.9 Å². The number of benzene rings is 2. The van der Waals surface area contributed by atoms with E-state index in [0.29, 0.717) is 5.52 Å². The molecule has 216 valence electrons. The van der Waals surface area contributed by atoms with Crippen LogP contribution in [0.5, 0.6) is 5.88 Å². The predicted molar refractivity (Wildman–Crippen MR) is 141 cm³/mol. The molecular weight excluding hydrogens is 594 g/mol. The Morgan fingerprint density at radius 1 is 1.12 bits per heavy atom. The lowest BCUT2D eigenvalue weighted by molar-refractivity contribution is -0.275. The number of hydrogen-bond acceptors (Lipinski definition) is 7. The molecule has 1 atom stereocenters. The number of anilines is 1. The van der Waals surface area contributed by atoms with Crippen LogP contribution in [0.3, 0.4) is 0 Å². The number of nitrogens with one attached hydrogen (secondary N) is 2. The Kier molecular flexibility index (Phi) is 8.22. The highest BCUT2D eigenvalue weighted by molar-refractivity contribution is 7.92. The minimum atomic E-state index is -5.21. The molecule has 0 unspecified atom stereocenters. The second-order valence-corrected chi connectivity index (χ2v) is 10.8. The van der Waals surface area contributed by atoms with Crippen LogP contribution in [-0.2, 0) is 21.4 Å². The zero-order chi connectivity index (χ0) is 30.1. The van der Waals surface area contributed by atoms with Crippen molar-refractivity contribution < 1.29 is 35.5 Å². The maximum absolute atomic E-state index is 13.4. The number of nitrogens with zero attached hydrogens (tertiary/aromatic N) is 3. The van der Waals surface area contributed by atoms with Gasteiger partial charge in [0.25, 0.3) is 15.6 Å². The van der Waals surface area contributed by atoms with Gasteiger partial charge < -0.3 is 10.1 Å². The van der Waals surface area contributed by atoms with E-state index in [2.05, 4.69) is 20.0 Å². The molecule has 0 saturated heterocycles. The van der Waals surface area contributed by atoms with Gasteiger partial charge in [0.05, 0.1) is 28.2 Å². The van der Waals surface area contributed by atoms with E-state index in [4.69, 9.17) is 11.6 Å². The summed E-state index contributed by atoms with van der Waals surface area (Å²) in [4.78, 5) is 32.3. The molecule has 0 fully saturated rings. The maximum atomic E-state index is 13.4. The van der Waals surface area contributed by atoms with Crippen molar-refractivity contribution in [2.75, 3.05) is 11.8 Å². The number of halogens is 5. The lowest BCUT2D eigenvalue weighted by atomic mass is 10.0. The molecule has 41 heavy (non-hydrogen) atoms. The van der Waals surface area contributed by atoms with Crippen molar-refractivity contribution in [1.29, 1.82) is 0 Å². The molecule has 0 aliphatic heterocycles. The zero-order valence-corrected chi connectivity index (χ0v) is 22.7. The number of aromatic nitrogens is 3. The SMILES string of the molecule is CNC(=O)[C@@H](C)Cn1cnc2ccc(-c3cnc(OC(F)(F)F)c(NS(=O)(=O)c4ccc(F)cc4Cl)c3)cc2c1=O. The summed E-state index contributed by atoms with van der Waals surface area (Å²) in [6, 6.07) is 7.79. The highest BCUT2D eigenvalue weighted by Gasteiger charge is 2.34. The topological polar surface area (TPSA) is 132 Å². The quantitative estimate of drug-likeness (QED) is 0.283. The number of hydrogen-bond donors (Lipinski definition) is 2. The van der Waals surface area contributed by atoms with Crippen molar-refractivity contribution in [3.05, 3.63) is 76.2 Å². The molecule has 1 amide bonds. The summed E-state index contributed by atoms with van der Waals surface area (Å²) < 4.78 is 85.6. The number of rotatable bonds is 8. The van der Waals surface area contributed by atoms with Gasteiger partial charge in [-0.15, -0.1) is 13.2 Å². The molecule has 4 aromatic rings. The van der Waals surface area contributed by atoms with E-state index in [-0.39, 0.29) is 29.0 Å². The Hall–Kier alpha value is -4.24. The molecule has 2 heterocycles. The van der Waals surface area contributed by atoms with Gasteiger partial charge in [0.15, 0.2) is 0 Å². The first-order valence-electron chi connectivity index (χ1n) is 11.6. The number of carbonyl (C=O) groups excluding carboxylic acids is 1. The van der Waals surface area contributed by atoms with Crippen LogP contribution in [0.2, 0.25) is 5.02 Å². The molecule has 10 nitrogen and oxygen atoms in total. The number of alkyl halides is 3. The predicted octanol–water partition coefficient (Wildman–Crippen LogP) is 4.33. The average Bonchev–Trinajstić information content (AvgIpc) is 2.89. The second kappa shape index (κ2) is 11.3. The Balaban J connectivity index is 1.78. The van der Waals surface area contributed by atoms with Gasteiger partial charge in [0, 0.05) is 25.4 Å². The summed E-state index contributed by atoms with van der Waals surface area (Å²) in [6.07, 6.45) is -2.93. The van der Waals surface area contributed by atoms with Crippen molar-refractivity contribution in [3.8, 4) is 17.0 Å². The molecule has 0 aliphatic carbocycles. The van der Waals surface area contributed by atoms with Crippen LogP contribution in [0.1, 0.15) is 6.92 Å². The first-order valence-corrected chi connectivity index (χ1v) is 13.5. The van der Waals surface area contributed by atoms with E-state index in [1.807, 2.05) is 4.72 Å². The second-order valence-electron chi connectivity index (χ2n) is 8.75. The lowest BCUT2D eigenvalue weighted by Gasteiger charge is -2.16. The van der Waals surface area contributed by atoms with E-state index in [9.17, 15) is 35.6 Å². The number of pyridine rings is 1. The summed E-state index contributed by atoms with van der Waals surface area (Å²) in [5, 5.41) is 2.11. The van der Waals surface area contributed by atoms with Gasteiger partial charge in [-0.2, -0.15) is 0 Å². The molecule has 16 heteroatoms. The molecule has 2 N–H and O–H groups in total. The van der Waals surface area contributed by atoms with Crippen LogP contribution in [0.15, 0.2) is 64.7 Å². The third-order valence-electron chi connectivity index (χ3n) is 5.81. The van der Waals surface area contributed by atoms with Crippen molar-refractivity contribution in [2.24, 2.45) is 5.92 Å². The van der Waals surface area contributed by atoms with Gasteiger partial charge in [-0.3, -0.25) is 18.9 Å². The van der Waals surface area contributed by atoms with Crippen LogP contribution < -0.4 is 20.3 Å². The summed E-state index contributed by atoms with van der Waals surface area (Å²) in [6.45, 7) is 1.67. The molecule has 0 aliphatic rings. The lowest BCUT2D eigenvalue weighted by Crippen LogP contribution is -2.32. The largest absolute Gasteiger partial charge is 0.574 e. The monoisotopic (exact) mass is 613 g/mol. The van der Waals surface area contributed by atoms with E-state index >= 15 is 0 Å². The Labute approximate surface area is 235 Å². The maximum Gasteiger partial charge on any atom is 0.574 e. The van der Waals surface area contributed by atoms with Gasteiger partial charge in [-0.1, -0.05) is 24.6 Å². The van der Waals surface area contributed by atoms with Crippen molar-refractivity contribution in [2.45, 2.75) is 24.7 Å². The standard InChI is InChI=1S/C25H20ClF4N5O5S/c1-13(22(36)31-2)11-35-12-33-19-5-3-14(7-17(19)24(35)37)15-8-20(23(32-10-15)40-25(28,29)30)34-41(38,39)21-6-4-16(27)9-18(21)26/h3-10,12-13,34H,11H2,1-2H3,(H,31,36)/t13-/m0/s1.